The van der Waals surface area contributed by atoms with E-state index in [2.05, 4.69) is 11.8 Å². The van der Waals surface area contributed by atoms with Crippen LogP contribution in [0.4, 0.5) is 4.79 Å². The molecule has 3 heteroatoms. The number of alkyl carbamates (subject to hydrolysis) is 1. The number of hydrogen-bond acceptors (Lipinski definition) is 2. The number of hydrogen-bond donors (Lipinski definition) is 1. The van der Waals surface area contributed by atoms with Crippen LogP contribution >= 0.6 is 0 Å². The largest absolute Gasteiger partial charge is 0.453 e. The molecular weight excluding hydrogens is 82.0 g/mol. The lowest BCUT2D eigenvalue weighted by atomic mass is 11.1. The van der Waals surface area contributed by atoms with Crippen molar-refractivity contribution in [3.63, 3.8) is 0 Å². The Labute approximate surface area is 36.3 Å². The molecule has 1 radical (unpaired) electrons. The van der Waals surface area contributed by atoms with E-state index in [9.17, 15) is 4.79 Å². The highest BCUT2D eigenvalue weighted by atomic mass is 16.5. The number of rotatable bonds is 0. The van der Waals surface area contributed by atoms with Gasteiger partial charge in [-0.3, -0.25) is 0 Å². The van der Waals surface area contributed by atoms with Crippen LogP contribution in [0, 0.1) is 7.05 Å². The molecule has 0 aromatic heterocycles. The van der Waals surface area contributed by atoms with E-state index in [-0.39, 0.29) is 0 Å². The van der Waals surface area contributed by atoms with E-state index < -0.39 is 6.09 Å². The summed E-state index contributed by atoms with van der Waals surface area (Å²) in [6, 6.07) is 0. The Hall–Kier alpha value is -0.730. The van der Waals surface area contributed by atoms with E-state index in [1.54, 1.807) is 0 Å². The molecule has 0 spiro atoms. The lowest BCUT2D eigenvalue weighted by Gasteiger charge is -1.90. The van der Waals surface area contributed by atoms with Crippen molar-refractivity contribution >= 4 is 6.09 Å². The summed E-state index contributed by atoms with van der Waals surface area (Å²) < 4.78 is 4.09. The number of ether oxygens (including phenoxy) is 1. The first-order valence-electron chi connectivity index (χ1n) is 1.42. The molecule has 0 heterocycles. The molecule has 1 N–H and O–H groups in total. The summed E-state index contributed by atoms with van der Waals surface area (Å²) in [6.07, 6.45) is -0.519. The van der Waals surface area contributed by atoms with Gasteiger partial charge in [-0.2, -0.15) is 0 Å². The Kier molecular flexibility index (Phi) is 2.20. The van der Waals surface area contributed by atoms with Gasteiger partial charge in [-0.25, -0.2) is 4.79 Å². The third-order valence-electron chi connectivity index (χ3n) is 0.330. The number of carbonyl (C=O) groups excluding carboxylic acids is 1. The van der Waals surface area contributed by atoms with Crippen molar-refractivity contribution < 1.29 is 9.53 Å². The molecule has 0 aliphatic heterocycles. The minimum Gasteiger partial charge on any atom is -0.453 e. The standard InChI is InChI=1S/C3H6NO2/c1-4-3(5)6-2/h1H2,2H3,(H,4,5). The van der Waals surface area contributed by atoms with Crippen molar-refractivity contribution in [2.24, 2.45) is 0 Å². The molecule has 0 rings (SSSR count). The topological polar surface area (TPSA) is 38.3 Å². The maximum absolute atomic E-state index is 9.78. The van der Waals surface area contributed by atoms with Gasteiger partial charge in [0.05, 0.1) is 7.11 Å². The van der Waals surface area contributed by atoms with E-state index in [4.69, 9.17) is 0 Å². The average molecular weight is 88.1 g/mol. The molecule has 0 fully saturated rings. The van der Waals surface area contributed by atoms with Crippen LogP contribution in [0.3, 0.4) is 0 Å². The first-order valence-corrected chi connectivity index (χ1v) is 1.42. The molecule has 0 bridgehead atoms. The number of methoxy groups -OCH3 is 1. The Balaban J connectivity index is 2.99. The first kappa shape index (κ1) is 5.27. The summed E-state index contributed by atoms with van der Waals surface area (Å²) in [5.74, 6) is 0. The second kappa shape index (κ2) is 2.50. The van der Waals surface area contributed by atoms with Crippen molar-refractivity contribution in [2.45, 2.75) is 0 Å². The SMILES string of the molecule is [CH2]NC(=O)OC. The van der Waals surface area contributed by atoms with E-state index in [1.165, 1.54) is 7.11 Å². The number of carbonyl (C=O) groups is 1. The molecule has 0 saturated heterocycles. The molecule has 0 unspecified atom stereocenters. The fourth-order valence-corrected chi connectivity index (χ4v) is 0.0722. The normalized spacial score (nSPS) is 7.00. The highest BCUT2D eigenvalue weighted by Gasteiger charge is 1.85. The van der Waals surface area contributed by atoms with Crippen LogP contribution in [-0.2, 0) is 4.74 Å². The minimum atomic E-state index is -0.519. The zero-order valence-electron chi connectivity index (χ0n) is 3.52. The molecule has 0 aliphatic carbocycles. The second-order valence-electron chi connectivity index (χ2n) is 0.668. The molecule has 1 amide bonds. The summed E-state index contributed by atoms with van der Waals surface area (Å²) >= 11 is 0. The monoisotopic (exact) mass is 88.0 g/mol. The molecule has 35 valence electrons. The molecular formula is C3H6NO2. The van der Waals surface area contributed by atoms with Crippen molar-refractivity contribution in [3.8, 4) is 0 Å². The fraction of sp³-hybridized carbons (Fsp3) is 0.333. The van der Waals surface area contributed by atoms with Crippen molar-refractivity contribution in [1.29, 1.82) is 0 Å². The Morgan fingerprint density at radius 1 is 2.00 bits per heavy atom. The Morgan fingerprint density at radius 2 is 2.50 bits per heavy atom. The second-order valence-corrected chi connectivity index (χ2v) is 0.668. The number of nitrogens with one attached hydrogen (secondary N) is 1. The maximum atomic E-state index is 9.78. The summed E-state index contributed by atoms with van der Waals surface area (Å²) in [4.78, 5) is 9.78. The van der Waals surface area contributed by atoms with Crippen LogP contribution in [0.5, 0.6) is 0 Å². The van der Waals surface area contributed by atoms with Crippen LogP contribution in [0.15, 0.2) is 0 Å². The molecule has 0 saturated carbocycles. The van der Waals surface area contributed by atoms with Crippen LogP contribution < -0.4 is 5.32 Å². The third kappa shape index (κ3) is 1.58. The van der Waals surface area contributed by atoms with Gasteiger partial charge in [0.1, 0.15) is 0 Å². The fourth-order valence-electron chi connectivity index (χ4n) is 0.0722. The van der Waals surface area contributed by atoms with Gasteiger partial charge < -0.3 is 10.1 Å². The van der Waals surface area contributed by atoms with Gasteiger partial charge in [-0.1, -0.05) is 0 Å². The first-order chi connectivity index (χ1) is 2.81. The summed E-state index contributed by atoms with van der Waals surface area (Å²) in [5.41, 5.74) is 0. The summed E-state index contributed by atoms with van der Waals surface area (Å²) in [7, 11) is 4.31. The van der Waals surface area contributed by atoms with E-state index in [1.807, 2.05) is 5.32 Å². The van der Waals surface area contributed by atoms with Crippen LogP contribution in [0.25, 0.3) is 0 Å². The smallest absolute Gasteiger partial charge is 0.406 e. The van der Waals surface area contributed by atoms with E-state index in [0.29, 0.717) is 0 Å². The van der Waals surface area contributed by atoms with Gasteiger partial charge in [-0.05, 0) is 0 Å². The molecule has 0 aliphatic rings. The van der Waals surface area contributed by atoms with Crippen LogP contribution in [0.2, 0.25) is 0 Å². The lowest BCUT2D eigenvalue weighted by molar-refractivity contribution is 0.175. The van der Waals surface area contributed by atoms with Crippen molar-refractivity contribution in [1.82, 2.24) is 5.32 Å². The van der Waals surface area contributed by atoms with Crippen LogP contribution in [-0.4, -0.2) is 13.2 Å². The molecule has 0 atom stereocenters. The van der Waals surface area contributed by atoms with Crippen LogP contribution in [0.1, 0.15) is 0 Å². The summed E-state index contributed by atoms with van der Waals surface area (Å²) in [5, 5.41) is 2.00. The predicted octanol–water partition coefficient (Wildman–Crippen LogP) is 0.134. The molecule has 6 heavy (non-hydrogen) atoms. The van der Waals surface area contributed by atoms with Gasteiger partial charge in [0.2, 0.25) is 0 Å². The Morgan fingerprint density at radius 3 is 2.50 bits per heavy atom. The molecule has 0 aromatic carbocycles. The maximum Gasteiger partial charge on any atom is 0.406 e. The highest BCUT2D eigenvalue weighted by Crippen LogP contribution is 1.63. The predicted molar refractivity (Wildman–Crippen MR) is 20.9 cm³/mol. The van der Waals surface area contributed by atoms with Gasteiger partial charge in [0.15, 0.2) is 0 Å². The zero-order chi connectivity index (χ0) is 4.99. The quantitative estimate of drug-likeness (QED) is 0.457. The third-order valence-corrected chi connectivity index (χ3v) is 0.330. The minimum absolute atomic E-state index is 0.519. The number of amides is 1. The molecule has 3 nitrogen and oxygen atoms in total. The van der Waals surface area contributed by atoms with Gasteiger partial charge in [0.25, 0.3) is 0 Å². The summed E-state index contributed by atoms with van der Waals surface area (Å²) in [6.45, 7) is 0. The van der Waals surface area contributed by atoms with Gasteiger partial charge in [0, 0.05) is 7.05 Å². The van der Waals surface area contributed by atoms with E-state index in [0.717, 1.165) is 0 Å². The van der Waals surface area contributed by atoms with E-state index >= 15 is 0 Å². The Bertz CT molecular complexity index is 46.8. The van der Waals surface area contributed by atoms with Gasteiger partial charge in [-0.15, -0.1) is 0 Å². The zero-order valence-corrected chi connectivity index (χ0v) is 3.52. The lowest BCUT2D eigenvalue weighted by Crippen LogP contribution is -2.14. The van der Waals surface area contributed by atoms with Crippen molar-refractivity contribution in [2.75, 3.05) is 7.11 Å². The van der Waals surface area contributed by atoms with Crippen molar-refractivity contribution in [3.05, 3.63) is 7.05 Å². The molecule has 0 aromatic rings. The average Bonchev–Trinajstić information content (AvgIpc) is 1.65. The van der Waals surface area contributed by atoms with Gasteiger partial charge >= 0.3 is 6.09 Å². The highest BCUT2D eigenvalue weighted by molar-refractivity contribution is 5.66.